The molecule has 0 spiro atoms. The highest BCUT2D eigenvalue weighted by atomic mass is 15.1. The standard InChI is InChI=1S/C48H29N3/c1-3-12-31(13-4-1)42-36-16-7-8-17-37(36)43(32-14-5-2-6-15-32)46-39-27-26-34(35-18-9-19-38(44(35)39)45(42)46)30-22-24-33(25-23-30)51-41-21-11-28-49-47(41)40-20-10-29-50-48(40)51/h1-29H. The van der Waals surface area contributed by atoms with Crippen LogP contribution in [0, 0.1) is 0 Å². The van der Waals surface area contributed by atoms with Crippen molar-refractivity contribution >= 4 is 43.6 Å². The van der Waals surface area contributed by atoms with E-state index < -0.39 is 0 Å². The first-order valence-corrected chi connectivity index (χ1v) is 17.4. The molecule has 3 nitrogen and oxygen atoms in total. The summed E-state index contributed by atoms with van der Waals surface area (Å²) in [7, 11) is 0. The van der Waals surface area contributed by atoms with Crippen molar-refractivity contribution in [3.05, 3.63) is 176 Å². The Morgan fingerprint density at radius 3 is 1.63 bits per heavy atom. The summed E-state index contributed by atoms with van der Waals surface area (Å²) in [5, 5.41) is 6.19. The molecule has 0 atom stereocenters. The van der Waals surface area contributed by atoms with E-state index in [9.17, 15) is 0 Å². The quantitative estimate of drug-likeness (QED) is 0.190. The molecule has 0 radical (unpaired) electrons. The first-order valence-electron chi connectivity index (χ1n) is 17.4. The predicted octanol–water partition coefficient (Wildman–Crippen LogP) is 12.5. The number of fused-ring (bicyclic) bond motifs is 7. The van der Waals surface area contributed by atoms with Crippen molar-refractivity contribution in [2.24, 2.45) is 0 Å². The number of nitrogens with zero attached hydrogens (tertiary/aromatic N) is 3. The molecule has 3 aromatic heterocycles. The summed E-state index contributed by atoms with van der Waals surface area (Å²) >= 11 is 0. The van der Waals surface area contributed by atoms with E-state index in [1.54, 1.807) is 0 Å². The van der Waals surface area contributed by atoms with Crippen LogP contribution in [0.3, 0.4) is 0 Å². The molecule has 10 aromatic rings. The van der Waals surface area contributed by atoms with Crippen LogP contribution in [0.25, 0.3) is 105 Å². The van der Waals surface area contributed by atoms with Crippen LogP contribution in [0.4, 0.5) is 0 Å². The first kappa shape index (κ1) is 28.0. The second-order valence-corrected chi connectivity index (χ2v) is 13.3. The second-order valence-electron chi connectivity index (χ2n) is 13.3. The van der Waals surface area contributed by atoms with Crippen molar-refractivity contribution < 1.29 is 0 Å². The number of aromatic nitrogens is 3. The number of rotatable bonds is 4. The van der Waals surface area contributed by atoms with Gasteiger partial charge in [0.1, 0.15) is 5.65 Å². The number of hydrogen-bond donors (Lipinski definition) is 0. The van der Waals surface area contributed by atoms with E-state index in [2.05, 4.69) is 156 Å². The highest BCUT2D eigenvalue weighted by molar-refractivity contribution is 6.28. The third-order valence-electron chi connectivity index (χ3n) is 10.6. The van der Waals surface area contributed by atoms with E-state index in [0.29, 0.717) is 0 Å². The molecule has 0 fully saturated rings. The Balaban J connectivity index is 1.15. The van der Waals surface area contributed by atoms with Gasteiger partial charge in [0.2, 0.25) is 0 Å². The van der Waals surface area contributed by atoms with Gasteiger partial charge >= 0.3 is 0 Å². The molecule has 51 heavy (non-hydrogen) atoms. The van der Waals surface area contributed by atoms with E-state index in [1.165, 1.54) is 77.2 Å². The Morgan fingerprint density at radius 1 is 0.353 bits per heavy atom. The molecule has 0 N–H and O–H groups in total. The van der Waals surface area contributed by atoms with Gasteiger partial charge in [-0.2, -0.15) is 0 Å². The van der Waals surface area contributed by atoms with Crippen LogP contribution in [0.15, 0.2) is 176 Å². The SMILES string of the molecule is c1ccc(-c2c3c(c(-c4ccccc4)c4ccccc24)-c2ccc(-c4ccc(-n5c6cccnc6c6cccnc65)cc4)c4cccc-3c24)cc1. The fraction of sp³-hybridized carbons (Fsp3) is 0. The van der Waals surface area contributed by atoms with Gasteiger partial charge in [-0.25, -0.2) is 4.98 Å². The van der Waals surface area contributed by atoms with Gasteiger partial charge < -0.3 is 0 Å². The summed E-state index contributed by atoms with van der Waals surface area (Å²) in [6.07, 6.45) is 3.70. The molecule has 0 saturated heterocycles. The van der Waals surface area contributed by atoms with Crippen LogP contribution in [0.2, 0.25) is 0 Å². The lowest BCUT2D eigenvalue weighted by molar-refractivity contribution is 1.13. The Hall–Kier alpha value is -6.84. The minimum absolute atomic E-state index is 0.915. The number of benzene rings is 7. The minimum Gasteiger partial charge on any atom is -0.292 e. The van der Waals surface area contributed by atoms with Gasteiger partial charge in [0.25, 0.3) is 0 Å². The van der Waals surface area contributed by atoms with Crippen molar-refractivity contribution in [3.63, 3.8) is 0 Å². The smallest absolute Gasteiger partial charge is 0.147 e. The van der Waals surface area contributed by atoms with Gasteiger partial charge in [-0.1, -0.05) is 127 Å². The van der Waals surface area contributed by atoms with Crippen LogP contribution in [0.1, 0.15) is 0 Å². The van der Waals surface area contributed by atoms with Crippen molar-refractivity contribution in [1.29, 1.82) is 0 Å². The fourth-order valence-electron chi connectivity index (χ4n) is 8.57. The van der Waals surface area contributed by atoms with Gasteiger partial charge in [0.15, 0.2) is 0 Å². The zero-order valence-electron chi connectivity index (χ0n) is 27.6. The van der Waals surface area contributed by atoms with Gasteiger partial charge in [-0.05, 0) is 114 Å². The molecule has 11 rings (SSSR count). The lowest BCUT2D eigenvalue weighted by atomic mass is 9.82. The van der Waals surface area contributed by atoms with Crippen molar-refractivity contribution in [2.75, 3.05) is 0 Å². The van der Waals surface area contributed by atoms with E-state index >= 15 is 0 Å². The molecule has 0 aliphatic heterocycles. The zero-order valence-corrected chi connectivity index (χ0v) is 27.6. The summed E-state index contributed by atoms with van der Waals surface area (Å²) in [4.78, 5) is 9.47. The normalized spacial score (nSPS) is 11.9. The minimum atomic E-state index is 0.915. The third kappa shape index (κ3) is 4.00. The molecule has 236 valence electrons. The van der Waals surface area contributed by atoms with E-state index in [4.69, 9.17) is 9.97 Å². The van der Waals surface area contributed by atoms with E-state index in [0.717, 1.165) is 27.8 Å². The Bertz CT molecular complexity index is 2850. The van der Waals surface area contributed by atoms with E-state index in [1.807, 2.05) is 24.5 Å². The van der Waals surface area contributed by atoms with Gasteiger partial charge in [0, 0.05) is 23.5 Å². The Morgan fingerprint density at radius 2 is 0.922 bits per heavy atom. The highest BCUT2D eigenvalue weighted by Gasteiger charge is 2.31. The monoisotopic (exact) mass is 647 g/mol. The molecular weight excluding hydrogens is 619 g/mol. The molecule has 1 aliphatic carbocycles. The first-order chi connectivity index (χ1) is 25.3. The third-order valence-corrected chi connectivity index (χ3v) is 10.6. The summed E-state index contributed by atoms with van der Waals surface area (Å²) in [6.45, 7) is 0. The van der Waals surface area contributed by atoms with Gasteiger partial charge in [0.05, 0.1) is 11.0 Å². The van der Waals surface area contributed by atoms with E-state index in [-0.39, 0.29) is 0 Å². The van der Waals surface area contributed by atoms with Crippen LogP contribution in [0.5, 0.6) is 0 Å². The zero-order chi connectivity index (χ0) is 33.5. The molecule has 0 amide bonds. The molecule has 3 heterocycles. The summed E-state index contributed by atoms with van der Waals surface area (Å²) < 4.78 is 2.21. The van der Waals surface area contributed by atoms with Crippen LogP contribution < -0.4 is 0 Å². The Labute approximate surface area is 294 Å². The lowest BCUT2D eigenvalue weighted by Crippen LogP contribution is -1.95. The molecule has 1 aliphatic rings. The predicted molar refractivity (Wildman–Crippen MR) is 212 cm³/mol. The summed E-state index contributed by atoms with van der Waals surface area (Å²) in [6, 6.07) is 59.4. The number of pyridine rings is 2. The summed E-state index contributed by atoms with van der Waals surface area (Å²) in [5.74, 6) is 0. The molecular formula is C48H29N3. The van der Waals surface area contributed by atoms with Gasteiger partial charge in [-0.15, -0.1) is 0 Å². The average molecular weight is 648 g/mol. The number of hydrogen-bond acceptors (Lipinski definition) is 2. The molecule has 7 aromatic carbocycles. The fourth-order valence-corrected chi connectivity index (χ4v) is 8.57. The second kappa shape index (κ2) is 10.8. The Kier molecular flexibility index (Phi) is 5.96. The summed E-state index contributed by atoms with van der Waals surface area (Å²) in [5.41, 5.74) is 16.7. The van der Waals surface area contributed by atoms with Crippen molar-refractivity contribution in [1.82, 2.24) is 14.5 Å². The maximum atomic E-state index is 4.76. The average Bonchev–Trinajstić information content (AvgIpc) is 3.72. The van der Waals surface area contributed by atoms with Crippen LogP contribution >= 0.6 is 0 Å². The maximum Gasteiger partial charge on any atom is 0.147 e. The lowest BCUT2D eigenvalue weighted by Gasteiger charge is -2.20. The highest BCUT2D eigenvalue weighted by Crippen LogP contribution is 2.58. The molecule has 3 heteroatoms. The van der Waals surface area contributed by atoms with Crippen LogP contribution in [-0.2, 0) is 0 Å². The van der Waals surface area contributed by atoms with Gasteiger partial charge in [-0.3, -0.25) is 9.55 Å². The van der Waals surface area contributed by atoms with Crippen molar-refractivity contribution in [2.45, 2.75) is 0 Å². The molecule has 0 saturated carbocycles. The molecule has 0 bridgehead atoms. The molecule has 0 unspecified atom stereocenters. The topological polar surface area (TPSA) is 30.7 Å². The largest absolute Gasteiger partial charge is 0.292 e. The van der Waals surface area contributed by atoms with Crippen LogP contribution in [-0.4, -0.2) is 14.5 Å². The van der Waals surface area contributed by atoms with Crippen molar-refractivity contribution in [3.8, 4) is 61.3 Å². The maximum absolute atomic E-state index is 4.76.